The van der Waals surface area contributed by atoms with Crippen molar-refractivity contribution in [3.8, 4) is 0 Å². The fourth-order valence-electron chi connectivity index (χ4n) is 3.12. The van der Waals surface area contributed by atoms with Crippen molar-refractivity contribution >= 4 is 27.4 Å². The predicted molar refractivity (Wildman–Crippen MR) is 110 cm³/mol. The van der Waals surface area contributed by atoms with Gasteiger partial charge in [-0.15, -0.1) is 0 Å². The van der Waals surface area contributed by atoms with Gasteiger partial charge in [0.05, 0.1) is 5.75 Å². The fraction of sp³-hybridized carbons (Fsp3) is 0.350. The lowest BCUT2D eigenvalue weighted by atomic mass is 9.96. The number of aliphatic imine (C=N–C) groups is 1. The van der Waals surface area contributed by atoms with Gasteiger partial charge in [-0.1, -0.05) is 35.9 Å². The second kappa shape index (κ2) is 8.49. The van der Waals surface area contributed by atoms with E-state index in [1.807, 2.05) is 18.2 Å². The first-order chi connectivity index (χ1) is 13.4. The second-order valence-corrected chi connectivity index (χ2v) is 9.41. The summed E-state index contributed by atoms with van der Waals surface area (Å²) in [6, 6.07) is 13.2. The quantitative estimate of drug-likeness (QED) is 0.530. The Hall–Kier alpha value is -2.12. The van der Waals surface area contributed by atoms with Crippen molar-refractivity contribution in [3.63, 3.8) is 0 Å². The number of sulfone groups is 1. The Morgan fingerprint density at radius 1 is 1.18 bits per heavy atom. The predicted octanol–water partition coefficient (Wildman–Crippen LogP) is 3.15. The molecule has 2 aromatic rings. The highest BCUT2D eigenvalue weighted by molar-refractivity contribution is 7.91. The first-order valence-corrected chi connectivity index (χ1v) is 11.1. The Labute approximate surface area is 169 Å². The zero-order valence-electron chi connectivity index (χ0n) is 15.6. The van der Waals surface area contributed by atoms with E-state index in [1.165, 1.54) is 23.8 Å². The number of benzene rings is 2. The highest BCUT2D eigenvalue weighted by Gasteiger charge is 2.44. The van der Waals surface area contributed by atoms with E-state index in [0.717, 1.165) is 18.9 Å². The van der Waals surface area contributed by atoms with Crippen LogP contribution in [0.2, 0.25) is 5.02 Å². The van der Waals surface area contributed by atoms with Gasteiger partial charge in [-0.3, -0.25) is 4.99 Å². The molecular weight excluding hydrogens is 401 g/mol. The number of nitrogens with one attached hydrogen (secondary N) is 2. The molecule has 0 unspecified atom stereocenters. The van der Waals surface area contributed by atoms with Crippen molar-refractivity contribution in [2.75, 3.05) is 25.9 Å². The minimum atomic E-state index is -3.71. The Morgan fingerprint density at radius 2 is 1.93 bits per heavy atom. The molecule has 2 N–H and O–H groups in total. The Balaban J connectivity index is 1.54. The van der Waals surface area contributed by atoms with Crippen LogP contribution in [0, 0.1) is 5.82 Å². The van der Waals surface area contributed by atoms with Gasteiger partial charge in [0.25, 0.3) is 0 Å². The molecular formula is C20H23ClFN3O2S. The van der Waals surface area contributed by atoms with Crippen LogP contribution < -0.4 is 10.6 Å². The molecule has 0 saturated heterocycles. The zero-order chi connectivity index (χ0) is 20.2. The standard InChI is InChI=1S/C20H23ClFN3O2S/c1-23-19(24-11-12-28(26,27)18-8-3-2-7-17(18)22)25-14-20(9-10-20)15-5-4-6-16(21)13-15/h2-8,13H,9-12,14H2,1H3,(H2,23,24,25). The topological polar surface area (TPSA) is 70.6 Å². The van der Waals surface area contributed by atoms with Gasteiger partial charge in [-0.2, -0.15) is 0 Å². The Kier molecular flexibility index (Phi) is 6.25. The first-order valence-electron chi connectivity index (χ1n) is 9.04. The Morgan fingerprint density at radius 3 is 2.57 bits per heavy atom. The number of rotatable bonds is 7. The summed E-state index contributed by atoms with van der Waals surface area (Å²) in [6.45, 7) is 0.799. The zero-order valence-corrected chi connectivity index (χ0v) is 17.2. The molecule has 0 radical (unpaired) electrons. The molecule has 150 valence electrons. The number of hydrogen-bond acceptors (Lipinski definition) is 3. The molecule has 0 aliphatic heterocycles. The van der Waals surface area contributed by atoms with Crippen molar-refractivity contribution < 1.29 is 12.8 Å². The summed E-state index contributed by atoms with van der Waals surface area (Å²) >= 11 is 6.10. The monoisotopic (exact) mass is 423 g/mol. The van der Waals surface area contributed by atoms with Gasteiger partial charge in [0, 0.05) is 30.6 Å². The van der Waals surface area contributed by atoms with Gasteiger partial charge < -0.3 is 10.6 Å². The van der Waals surface area contributed by atoms with E-state index in [1.54, 1.807) is 7.05 Å². The number of nitrogens with zero attached hydrogens (tertiary/aromatic N) is 1. The first kappa shape index (κ1) is 20.6. The summed E-state index contributed by atoms with van der Waals surface area (Å²) in [5, 5.41) is 6.96. The molecule has 0 atom stereocenters. The number of guanidine groups is 1. The summed E-state index contributed by atoms with van der Waals surface area (Å²) in [5.74, 6) is -0.451. The van der Waals surface area contributed by atoms with Crippen LogP contribution in [0.25, 0.3) is 0 Å². The van der Waals surface area contributed by atoms with Gasteiger partial charge in [-0.05, 0) is 42.7 Å². The molecule has 0 amide bonds. The highest BCUT2D eigenvalue weighted by atomic mass is 35.5. The molecule has 0 aromatic heterocycles. The lowest BCUT2D eigenvalue weighted by Gasteiger charge is -2.19. The van der Waals surface area contributed by atoms with E-state index in [0.29, 0.717) is 17.5 Å². The molecule has 0 spiro atoms. The minimum absolute atomic E-state index is 0.0295. The lowest BCUT2D eigenvalue weighted by Crippen LogP contribution is -2.42. The van der Waals surface area contributed by atoms with Crippen LogP contribution in [-0.4, -0.2) is 40.3 Å². The molecule has 8 heteroatoms. The van der Waals surface area contributed by atoms with Crippen molar-refractivity contribution in [1.82, 2.24) is 10.6 Å². The van der Waals surface area contributed by atoms with Crippen molar-refractivity contribution in [2.24, 2.45) is 4.99 Å². The van der Waals surface area contributed by atoms with E-state index in [2.05, 4.69) is 21.7 Å². The van der Waals surface area contributed by atoms with E-state index < -0.39 is 15.7 Å². The largest absolute Gasteiger partial charge is 0.356 e. The third-order valence-corrected chi connectivity index (χ3v) is 6.92. The third-order valence-electron chi connectivity index (χ3n) is 4.94. The van der Waals surface area contributed by atoms with Crippen molar-refractivity contribution in [2.45, 2.75) is 23.2 Å². The van der Waals surface area contributed by atoms with Gasteiger partial charge in [0.15, 0.2) is 15.8 Å². The van der Waals surface area contributed by atoms with E-state index in [4.69, 9.17) is 11.6 Å². The maximum atomic E-state index is 13.7. The van der Waals surface area contributed by atoms with Crippen molar-refractivity contribution in [3.05, 3.63) is 64.9 Å². The SMILES string of the molecule is CN=C(NCCS(=O)(=O)c1ccccc1F)NCC1(c2cccc(Cl)c2)CC1. The van der Waals surface area contributed by atoms with Crippen molar-refractivity contribution in [1.29, 1.82) is 0 Å². The summed E-state index contributed by atoms with van der Waals surface area (Å²) in [7, 11) is -2.08. The number of halogens is 2. The fourth-order valence-corrected chi connectivity index (χ4v) is 4.55. The maximum absolute atomic E-state index is 13.7. The molecule has 1 aliphatic rings. The summed E-state index contributed by atoms with van der Waals surface area (Å²) in [5.41, 5.74) is 1.21. The highest BCUT2D eigenvalue weighted by Crippen LogP contribution is 2.48. The summed E-state index contributed by atoms with van der Waals surface area (Å²) in [6.07, 6.45) is 2.11. The third kappa shape index (κ3) is 4.83. The second-order valence-electron chi connectivity index (χ2n) is 6.89. The van der Waals surface area contributed by atoms with E-state index in [9.17, 15) is 12.8 Å². The van der Waals surface area contributed by atoms with Crippen LogP contribution in [0.3, 0.4) is 0 Å². The van der Waals surface area contributed by atoms with Gasteiger partial charge in [0.1, 0.15) is 10.7 Å². The molecule has 0 bridgehead atoms. The van der Waals surface area contributed by atoms with Crippen LogP contribution in [0.15, 0.2) is 58.4 Å². The van der Waals surface area contributed by atoms with Crippen LogP contribution >= 0.6 is 11.6 Å². The van der Waals surface area contributed by atoms with E-state index in [-0.39, 0.29) is 22.6 Å². The smallest absolute Gasteiger partial charge is 0.191 e. The lowest BCUT2D eigenvalue weighted by molar-refractivity contribution is 0.566. The normalized spacial score (nSPS) is 15.9. The molecule has 3 rings (SSSR count). The molecule has 2 aromatic carbocycles. The molecule has 0 heterocycles. The van der Waals surface area contributed by atoms with Crippen LogP contribution in [-0.2, 0) is 15.3 Å². The summed E-state index contributed by atoms with van der Waals surface area (Å²) < 4.78 is 38.4. The molecule has 5 nitrogen and oxygen atoms in total. The van der Waals surface area contributed by atoms with Gasteiger partial charge in [0.2, 0.25) is 0 Å². The average Bonchev–Trinajstić information content (AvgIpc) is 3.46. The average molecular weight is 424 g/mol. The molecule has 1 fully saturated rings. The number of hydrogen-bond donors (Lipinski definition) is 2. The maximum Gasteiger partial charge on any atom is 0.191 e. The van der Waals surface area contributed by atoms with Gasteiger partial charge >= 0.3 is 0 Å². The van der Waals surface area contributed by atoms with E-state index >= 15 is 0 Å². The Bertz CT molecular complexity index is 975. The van der Waals surface area contributed by atoms with Crippen LogP contribution in [0.4, 0.5) is 4.39 Å². The molecule has 1 aliphatic carbocycles. The summed E-state index contributed by atoms with van der Waals surface area (Å²) in [4.78, 5) is 3.86. The van der Waals surface area contributed by atoms with Gasteiger partial charge in [-0.25, -0.2) is 12.8 Å². The van der Waals surface area contributed by atoms with Crippen LogP contribution in [0.1, 0.15) is 18.4 Å². The molecule has 1 saturated carbocycles. The molecule has 28 heavy (non-hydrogen) atoms. The van der Waals surface area contributed by atoms with Crippen LogP contribution in [0.5, 0.6) is 0 Å². The minimum Gasteiger partial charge on any atom is -0.356 e.